The fraction of sp³-hybridized carbons (Fsp3) is 0.188. The van der Waals surface area contributed by atoms with Crippen molar-refractivity contribution in [2.24, 2.45) is 0 Å². The van der Waals surface area contributed by atoms with Crippen LogP contribution < -0.4 is 15.2 Å². The Hall–Kier alpha value is -2.69. The summed E-state index contributed by atoms with van der Waals surface area (Å²) in [6.07, 6.45) is 0. The van der Waals surface area contributed by atoms with Gasteiger partial charge in [0.2, 0.25) is 0 Å². The molecule has 21 heavy (non-hydrogen) atoms. The van der Waals surface area contributed by atoms with Gasteiger partial charge in [-0.25, -0.2) is 4.79 Å². The fourth-order valence-electron chi connectivity index (χ4n) is 1.75. The molecule has 0 aliphatic carbocycles. The summed E-state index contributed by atoms with van der Waals surface area (Å²) in [6.45, 7) is 0.765. The molecule has 110 valence electrons. The van der Waals surface area contributed by atoms with Gasteiger partial charge in [0, 0.05) is 5.69 Å². The zero-order valence-corrected chi connectivity index (χ0v) is 11.7. The lowest BCUT2D eigenvalue weighted by atomic mass is 10.2. The van der Waals surface area contributed by atoms with Crippen LogP contribution >= 0.6 is 0 Å². The Kier molecular flexibility index (Phi) is 5.04. The third-order valence-electron chi connectivity index (χ3n) is 2.79. The van der Waals surface area contributed by atoms with E-state index in [2.05, 4.69) is 4.74 Å². The highest BCUT2D eigenvalue weighted by Crippen LogP contribution is 2.20. The van der Waals surface area contributed by atoms with Gasteiger partial charge in [0.05, 0.1) is 12.7 Å². The van der Waals surface area contributed by atoms with E-state index in [9.17, 15) is 4.79 Å². The molecule has 0 unspecified atom stereocenters. The molecule has 0 aromatic heterocycles. The molecule has 0 saturated heterocycles. The molecule has 0 saturated carbocycles. The molecular formula is C16H17NO4. The van der Waals surface area contributed by atoms with E-state index in [0.717, 1.165) is 5.75 Å². The molecule has 2 aromatic rings. The summed E-state index contributed by atoms with van der Waals surface area (Å²) in [5.41, 5.74) is 6.36. The Labute approximate surface area is 123 Å². The number of hydrogen-bond donors (Lipinski definition) is 1. The Morgan fingerprint density at radius 2 is 1.67 bits per heavy atom. The van der Waals surface area contributed by atoms with Gasteiger partial charge < -0.3 is 19.9 Å². The standard InChI is InChI=1S/C16H17NO4/c1-19-16(18)14-11-13(7-8-15(14)17)21-10-9-20-12-5-3-2-4-6-12/h2-8,11H,9-10,17H2,1H3. The van der Waals surface area contributed by atoms with Crippen molar-refractivity contribution in [2.75, 3.05) is 26.1 Å². The minimum absolute atomic E-state index is 0.291. The minimum Gasteiger partial charge on any atom is -0.490 e. The summed E-state index contributed by atoms with van der Waals surface area (Å²) in [5, 5.41) is 0. The molecule has 0 spiro atoms. The summed E-state index contributed by atoms with van der Waals surface area (Å²) in [5.74, 6) is 0.841. The van der Waals surface area contributed by atoms with E-state index in [1.165, 1.54) is 7.11 Å². The van der Waals surface area contributed by atoms with Crippen molar-refractivity contribution in [2.45, 2.75) is 0 Å². The summed E-state index contributed by atoms with van der Waals surface area (Å²) in [4.78, 5) is 11.5. The predicted molar refractivity (Wildman–Crippen MR) is 79.6 cm³/mol. The van der Waals surface area contributed by atoms with Crippen LogP contribution in [0.25, 0.3) is 0 Å². The van der Waals surface area contributed by atoms with Gasteiger partial charge in [0.15, 0.2) is 0 Å². The number of carbonyl (C=O) groups excluding carboxylic acids is 1. The van der Waals surface area contributed by atoms with E-state index in [1.54, 1.807) is 18.2 Å². The quantitative estimate of drug-likeness (QED) is 0.502. The number of methoxy groups -OCH3 is 1. The molecule has 0 aliphatic rings. The molecule has 5 nitrogen and oxygen atoms in total. The van der Waals surface area contributed by atoms with Gasteiger partial charge in [-0.05, 0) is 30.3 Å². The number of esters is 1. The highest BCUT2D eigenvalue weighted by Gasteiger charge is 2.11. The summed E-state index contributed by atoms with van der Waals surface area (Å²) >= 11 is 0. The van der Waals surface area contributed by atoms with E-state index in [-0.39, 0.29) is 0 Å². The van der Waals surface area contributed by atoms with Gasteiger partial charge in [0.1, 0.15) is 24.7 Å². The van der Waals surface area contributed by atoms with Crippen LogP contribution in [0.1, 0.15) is 10.4 Å². The first kappa shape index (κ1) is 14.7. The van der Waals surface area contributed by atoms with Crippen molar-refractivity contribution in [3.8, 4) is 11.5 Å². The third kappa shape index (κ3) is 4.14. The Balaban J connectivity index is 1.87. The van der Waals surface area contributed by atoms with Crippen molar-refractivity contribution in [3.05, 3.63) is 54.1 Å². The number of nitrogen functional groups attached to an aromatic ring is 1. The average Bonchev–Trinajstić information content (AvgIpc) is 2.53. The Bertz CT molecular complexity index is 598. The number of carbonyl (C=O) groups is 1. The topological polar surface area (TPSA) is 70.8 Å². The molecule has 5 heteroatoms. The van der Waals surface area contributed by atoms with Crippen LogP contribution in [0.15, 0.2) is 48.5 Å². The van der Waals surface area contributed by atoms with Crippen molar-refractivity contribution >= 4 is 11.7 Å². The number of ether oxygens (including phenoxy) is 3. The van der Waals surface area contributed by atoms with E-state index in [1.807, 2.05) is 30.3 Å². The second kappa shape index (κ2) is 7.19. The molecule has 0 fully saturated rings. The number of anilines is 1. The van der Waals surface area contributed by atoms with Crippen LogP contribution in [-0.4, -0.2) is 26.3 Å². The molecule has 0 heterocycles. The predicted octanol–water partition coefficient (Wildman–Crippen LogP) is 2.51. The van der Waals surface area contributed by atoms with Crippen LogP contribution in [0.4, 0.5) is 5.69 Å². The SMILES string of the molecule is COC(=O)c1cc(OCCOc2ccccc2)ccc1N. The minimum atomic E-state index is -0.488. The van der Waals surface area contributed by atoms with Crippen molar-refractivity contribution in [3.63, 3.8) is 0 Å². The Morgan fingerprint density at radius 3 is 2.33 bits per heavy atom. The first-order valence-electron chi connectivity index (χ1n) is 6.49. The zero-order valence-electron chi connectivity index (χ0n) is 11.7. The van der Waals surface area contributed by atoms with Crippen LogP contribution in [-0.2, 0) is 4.74 Å². The van der Waals surface area contributed by atoms with Crippen LogP contribution in [0, 0.1) is 0 Å². The molecular weight excluding hydrogens is 270 g/mol. The van der Waals surface area contributed by atoms with E-state index in [4.69, 9.17) is 15.2 Å². The van der Waals surface area contributed by atoms with Crippen LogP contribution in [0.3, 0.4) is 0 Å². The maximum Gasteiger partial charge on any atom is 0.340 e. The van der Waals surface area contributed by atoms with Crippen molar-refractivity contribution in [1.29, 1.82) is 0 Å². The smallest absolute Gasteiger partial charge is 0.340 e. The second-order valence-corrected chi connectivity index (χ2v) is 4.25. The highest BCUT2D eigenvalue weighted by atomic mass is 16.5. The second-order valence-electron chi connectivity index (χ2n) is 4.25. The normalized spacial score (nSPS) is 9.95. The van der Waals surface area contributed by atoms with E-state index < -0.39 is 5.97 Å². The first-order valence-corrected chi connectivity index (χ1v) is 6.49. The van der Waals surface area contributed by atoms with Gasteiger partial charge in [0.25, 0.3) is 0 Å². The lowest BCUT2D eigenvalue weighted by molar-refractivity contribution is 0.0601. The molecule has 0 amide bonds. The molecule has 0 radical (unpaired) electrons. The Morgan fingerprint density at radius 1 is 1.00 bits per heavy atom. The first-order chi connectivity index (χ1) is 10.2. The lowest BCUT2D eigenvalue weighted by Gasteiger charge is -2.10. The van der Waals surface area contributed by atoms with Gasteiger partial charge in [-0.2, -0.15) is 0 Å². The zero-order chi connectivity index (χ0) is 15.1. The van der Waals surface area contributed by atoms with E-state index in [0.29, 0.717) is 30.2 Å². The summed E-state index contributed by atoms with van der Waals surface area (Å²) < 4.78 is 15.7. The van der Waals surface area contributed by atoms with Crippen LogP contribution in [0.2, 0.25) is 0 Å². The van der Waals surface area contributed by atoms with Crippen molar-refractivity contribution < 1.29 is 19.0 Å². The highest BCUT2D eigenvalue weighted by molar-refractivity contribution is 5.95. The average molecular weight is 287 g/mol. The molecule has 0 aliphatic heterocycles. The molecule has 0 bridgehead atoms. The number of para-hydroxylation sites is 1. The molecule has 2 aromatic carbocycles. The summed E-state index contributed by atoms with van der Waals surface area (Å²) in [6, 6.07) is 14.3. The maximum absolute atomic E-state index is 11.5. The molecule has 0 atom stereocenters. The maximum atomic E-state index is 11.5. The lowest BCUT2D eigenvalue weighted by Crippen LogP contribution is -2.10. The molecule has 2 rings (SSSR count). The summed E-state index contributed by atoms with van der Waals surface area (Å²) in [7, 11) is 1.31. The van der Waals surface area contributed by atoms with E-state index >= 15 is 0 Å². The number of nitrogens with two attached hydrogens (primary N) is 1. The number of rotatable bonds is 6. The largest absolute Gasteiger partial charge is 0.490 e. The third-order valence-corrected chi connectivity index (χ3v) is 2.79. The van der Waals surface area contributed by atoms with Gasteiger partial charge in [-0.3, -0.25) is 0 Å². The molecule has 2 N–H and O–H groups in total. The fourth-order valence-corrected chi connectivity index (χ4v) is 1.75. The monoisotopic (exact) mass is 287 g/mol. The number of benzene rings is 2. The van der Waals surface area contributed by atoms with Gasteiger partial charge in [-0.1, -0.05) is 18.2 Å². The van der Waals surface area contributed by atoms with Crippen molar-refractivity contribution in [1.82, 2.24) is 0 Å². The van der Waals surface area contributed by atoms with Gasteiger partial charge >= 0.3 is 5.97 Å². The number of hydrogen-bond acceptors (Lipinski definition) is 5. The van der Waals surface area contributed by atoms with Crippen LogP contribution in [0.5, 0.6) is 11.5 Å². The van der Waals surface area contributed by atoms with Gasteiger partial charge in [-0.15, -0.1) is 0 Å².